The van der Waals surface area contributed by atoms with Crippen molar-refractivity contribution in [1.29, 1.82) is 0 Å². The van der Waals surface area contributed by atoms with Crippen LogP contribution in [-0.4, -0.2) is 17.9 Å². The first-order valence-electron chi connectivity index (χ1n) is 3.20. The van der Waals surface area contributed by atoms with Crippen LogP contribution in [0, 0.1) is 6.92 Å². The zero-order valence-corrected chi connectivity index (χ0v) is 10.3. The summed E-state index contributed by atoms with van der Waals surface area (Å²) in [4.78, 5) is 20.4. The molecule has 0 saturated carbocycles. The number of pyridine rings is 1. The summed E-state index contributed by atoms with van der Waals surface area (Å²) in [7, 11) is 0. The summed E-state index contributed by atoms with van der Waals surface area (Å²) in [5.74, 6) is 0. The molecule has 0 aliphatic rings. The third kappa shape index (κ3) is 32.4. The molecule has 0 saturated heterocycles. The molecule has 0 radical (unpaired) electrons. The number of carbonyl (C=O) groups excluding carboxylic acids is 2. The van der Waals surface area contributed by atoms with E-state index in [9.17, 15) is 0 Å². The van der Waals surface area contributed by atoms with Crippen LogP contribution in [0.2, 0.25) is 0 Å². The Labute approximate surface area is 102 Å². The Morgan fingerprint density at radius 2 is 1.67 bits per heavy atom. The Morgan fingerprint density at radius 3 is 1.80 bits per heavy atom. The quantitative estimate of drug-likeness (QED) is 0.521. The zero-order valence-electron chi connectivity index (χ0n) is 8.07. The minimum Gasteiger partial charge on any atom is -0.554 e. The van der Waals surface area contributed by atoms with E-state index in [2.05, 4.69) is 4.98 Å². The van der Waals surface area contributed by atoms with Crippen LogP contribution in [0.15, 0.2) is 24.5 Å². The van der Waals surface area contributed by atoms with Crippen molar-refractivity contribution in [3.8, 4) is 0 Å². The maximum absolute atomic E-state index is 8.25. The largest absolute Gasteiger partial charge is 2.00 e. The van der Waals surface area contributed by atoms with Gasteiger partial charge in [-0.1, -0.05) is 6.07 Å². The molecule has 0 fully saturated rings. The number of nitrogens with zero attached hydrogens (tertiary/aromatic N) is 1. The Balaban J connectivity index is -0.0000000665. The van der Waals surface area contributed by atoms with Gasteiger partial charge in [0.2, 0.25) is 0 Å². The van der Waals surface area contributed by atoms with E-state index in [0.717, 1.165) is 0 Å². The van der Waals surface area contributed by atoms with E-state index < -0.39 is 12.9 Å². The van der Waals surface area contributed by atoms with Crippen LogP contribution < -0.4 is 16.4 Å². The van der Waals surface area contributed by atoms with E-state index in [1.54, 1.807) is 6.20 Å². The number of carbonyl (C=O) groups is 2. The van der Waals surface area contributed by atoms with Crippen molar-refractivity contribution >= 4 is 12.9 Å². The van der Waals surface area contributed by atoms with Crippen LogP contribution >= 0.6 is 0 Å². The maximum atomic E-state index is 8.25. The SMILES string of the molecule is Cc1cccnc1.N.O=C[O-].O=C[O-].[Pt+2]. The van der Waals surface area contributed by atoms with Gasteiger partial charge in [0.05, 0.1) is 0 Å². The molecule has 0 aliphatic carbocycles. The summed E-state index contributed by atoms with van der Waals surface area (Å²) in [6.45, 7) is 1.02. The summed E-state index contributed by atoms with van der Waals surface area (Å²) in [5.41, 5.74) is 1.21. The number of carboxylic acid groups (broad SMARTS) is 2. The molecule has 15 heavy (non-hydrogen) atoms. The van der Waals surface area contributed by atoms with Gasteiger partial charge in [-0.2, -0.15) is 0 Å². The van der Waals surface area contributed by atoms with Crippen molar-refractivity contribution in [2.75, 3.05) is 0 Å². The van der Waals surface area contributed by atoms with Gasteiger partial charge >= 0.3 is 21.1 Å². The fourth-order valence-electron chi connectivity index (χ4n) is 0.448. The van der Waals surface area contributed by atoms with Gasteiger partial charge in [-0.3, -0.25) is 4.98 Å². The van der Waals surface area contributed by atoms with E-state index in [1.165, 1.54) is 5.56 Å². The normalized spacial score (nSPS) is 5.67. The molecule has 6 nitrogen and oxygen atoms in total. The number of rotatable bonds is 0. The molecule has 1 aromatic heterocycles. The minimum absolute atomic E-state index is 0. The van der Waals surface area contributed by atoms with E-state index in [1.807, 2.05) is 25.3 Å². The van der Waals surface area contributed by atoms with Gasteiger partial charge < -0.3 is 26.0 Å². The predicted octanol–water partition coefficient (Wildman–Crippen LogP) is -1.72. The monoisotopic (exact) mass is 395 g/mol. The van der Waals surface area contributed by atoms with Crippen LogP contribution in [0.4, 0.5) is 0 Å². The molecule has 88 valence electrons. The Kier molecular flexibility index (Phi) is 36.0. The van der Waals surface area contributed by atoms with Gasteiger partial charge in [-0.05, 0) is 18.6 Å². The maximum Gasteiger partial charge on any atom is 2.00 e. The molecule has 1 aromatic rings. The molecule has 0 spiro atoms. The molecule has 1 heterocycles. The molecule has 0 amide bonds. The molecule has 0 bridgehead atoms. The van der Waals surface area contributed by atoms with Crippen molar-refractivity contribution in [3.05, 3.63) is 30.1 Å². The number of aryl methyl sites for hydroxylation is 1. The van der Waals surface area contributed by atoms with Gasteiger partial charge in [0, 0.05) is 25.3 Å². The molecule has 3 N–H and O–H groups in total. The second kappa shape index (κ2) is 23.0. The van der Waals surface area contributed by atoms with Crippen LogP contribution in [0.25, 0.3) is 0 Å². The Morgan fingerprint density at radius 1 is 1.27 bits per heavy atom. The van der Waals surface area contributed by atoms with Crippen molar-refractivity contribution < 1.29 is 40.9 Å². The third-order valence-corrected chi connectivity index (χ3v) is 0.809. The van der Waals surface area contributed by atoms with E-state index in [4.69, 9.17) is 19.8 Å². The molecule has 0 aliphatic heterocycles. The average molecular weight is 395 g/mol. The van der Waals surface area contributed by atoms with E-state index in [0.29, 0.717) is 0 Å². The van der Waals surface area contributed by atoms with Gasteiger partial charge in [0.15, 0.2) is 0 Å². The second-order valence-electron chi connectivity index (χ2n) is 1.72. The average Bonchev–Trinajstić information content (AvgIpc) is 2.08. The third-order valence-electron chi connectivity index (χ3n) is 0.809. The summed E-state index contributed by atoms with van der Waals surface area (Å²) >= 11 is 0. The van der Waals surface area contributed by atoms with Crippen LogP contribution in [0.3, 0.4) is 0 Å². The first kappa shape index (κ1) is 23.5. The number of aromatic nitrogens is 1. The first-order chi connectivity index (χ1) is 6.22. The van der Waals surface area contributed by atoms with Crippen molar-refractivity contribution in [3.63, 3.8) is 0 Å². The summed E-state index contributed by atoms with van der Waals surface area (Å²) < 4.78 is 0. The summed E-state index contributed by atoms with van der Waals surface area (Å²) in [6.07, 6.45) is 3.60. The second-order valence-corrected chi connectivity index (χ2v) is 1.72. The molecule has 7 heteroatoms. The standard InChI is InChI=1S/C6H7N.2CH2O2.H3N.Pt/c1-6-3-2-4-7-5-6;2*2-1-3;;/h2-5H,1H3;2*1H,(H,2,3);1H3;/q;;;;+2/p-2. The predicted molar refractivity (Wildman–Crippen MR) is 46.1 cm³/mol. The van der Waals surface area contributed by atoms with Crippen LogP contribution in [0.1, 0.15) is 5.56 Å². The minimum atomic E-state index is -0.500. The molecular formula is C8H12N2O4Pt. The van der Waals surface area contributed by atoms with E-state index >= 15 is 0 Å². The van der Waals surface area contributed by atoms with Crippen molar-refractivity contribution in [2.24, 2.45) is 0 Å². The number of hydrogen-bond acceptors (Lipinski definition) is 6. The fourth-order valence-corrected chi connectivity index (χ4v) is 0.448. The van der Waals surface area contributed by atoms with Gasteiger partial charge in [0.25, 0.3) is 0 Å². The van der Waals surface area contributed by atoms with Gasteiger partial charge in [-0.15, -0.1) is 0 Å². The first-order valence-corrected chi connectivity index (χ1v) is 3.20. The molecule has 0 aromatic carbocycles. The summed E-state index contributed by atoms with van der Waals surface area (Å²) in [5, 5.41) is 16.5. The fraction of sp³-hybridized carbons (Fsp3) is 0.125. The van der Waals surface area contributed by atoms with Gasteiger partial charge in [-0.25, -0.2) is 0 Å². The summed E-state index contributed by atoms with van der Waals surface area (Å²) in [6, 6.07) is 3.95. The topological polar surface area (TPSA) is 128 Å². The van der Waals surface area contributed by atoms with Crippen LogP contribution in [0.5, 0.6) is 0 Å². The van der Waals surface area contributed by atoms with Crippen molar-refractivity contribution in [1.82, 2.24) is 11.1 Å². The van der Waals surface area contributed by atoms with Crippen LogP contribution in [-0.2, 0) is 30.7 Å². The zero-order chi connectivity index (χ0) is 10.5. The molecule has 0 unspecified atom stereocenters. The Bertz CT molecular complexity index is 215. The molecule has 1 rings (SSSR count). The smallest absolute Gasteiger partial charge is 0.554 e. The van der Waals surface area contributed by atoms with Crippen molar-refractivity contribution in [2.45, 2.75) is 6.92 Å². The van der Waals surface area contributed by atoms with Gasteiger partial charge in [0.1, 0.15) is 0 Å². The molecule has 0 atom stereocenters. The number of hydrogen-bond donors (Lipinski definition) is 1. The van der Waals surface area contributed by atoms with E-state index in [-0.39, 0.29) is 27.2 Å². The molecular weight excluding hydrogens is 383 g/mol. The Hall–Kier alpha value is -1.26.